The maximum Gasteiger partial charge on any atom is 0.167 e. The van der Waals surface area contributed by atoms with Crippen LogP contribution in [0.5, 0.6) is 11.5 Å². The topological polar surface area (TPSA) is 33.0 Å². The van der Waals surface area contributed by atoms with Crippen LogP contribution in [0.3, 0.4) is 0 Å². The van der Waals surface area contributed by atoms with Gasteiger partial charge in [0.05, 0.1) is 11.6 Å². The first-order valence-corrected chi connectivity index (χ1v) is 5.55. The predicted molar refractivity (Wildman–Crippen MR) is 67.1 cm³/mol. The molecule has 0 heterocycles. The Morgan fingerprint density at radius 2 is 1.78 bits per heavy atom. The fourth-order valence-corrected chi connectivity index (χ4v) is 1.69. The molecule has 0 spiro atoms. The molecule has 0 aliphatic heterocycles. The molecule has 0 atom stereocenters. The Bertz CT molecular complexity index is 629. The van der Waals surface area contributed by atoms with E-state index < -0.39 is 5.82 Å². The van der Waals surface area contributed by atoms with Gasteiger partial charge in [0, 0.05) is 0 Å². The highest BCUT2D eigenvalue weighted by molar-refractivity contribution is 5.42. The van der Waals surface area contributed by atoms with E-state index in [1.165, 1.54) is 18.2 Å². The van der Waals surface area contributed by atoms with Crippen LogP contribution < -0.4 is 4.74 Å². The molecule has 2 rings (SSSR count). The minimum absolute atomic E-state index is 0.126. The lowest BCUT2D eigenvalue weighted by Gasteiger charge is -2.10. The fraction of sp³-hybridized carbons (Fsp3) is 0.133. The first kappa shape index (κ1) is 12.1. The zero-order valence-electron chi connectivity index (χ0n) is 10.2. The summed E-state index contributed by atoms with van der Waals surface area (Å²) in [5.41, 5.74) is 2.35. The molecule has 18 heavy (non-hydrogen) atoms. The lowest BCUT2D eigenvalue weighted by Crippen LogP contribution is -1.92. The van der Waals surface area contributed by atoms with Gasteiger partial charge in [-0.15, -0.1) is 0 Å². The van der Waals surface area contributed by atoms with Gasteiger partial charge in [-0.1, -0.05) is 17.7 Å². The van der Waals surface area contributed by atoms with Crippen molar-refractivity contribution in [2.24, 2.45) is 0 Å². The Labute approximate surface area is 105 Å². The molecule has 0 bridgehead atoms. The van der Waals surface area contributed by atoms with E-state index in [4.69, 9.17) is 10.00 Å². The first-order valence-electron chi connectivity index (χ1n) is 5.55. The van der Waals surface area contributed by atoms with Gasteiger partial charge in [-0.2, -0.15) is 5.26 Å². The Morgan fingerprint density at radius 3 is 2.39 bits per heavy atom. The van der Waals surface area contributed by atoms with Gasteiger partial charge in [0.15, 0.2) is 11.6 Å². The molecule has 0 aromatic heterocycles. The molecule has 90 valence electrons. The Balaban J connectivity index is 2.32. The number of rotatable bonds is 2. The maximum absolute atomic E-state index is 13.7. The van der Waals surface area contributed by atoms with Gasteiger partial charge in [-0.25, -0.2) is 4.39 Å². The van der Waals surface area contributed by atoms with E-state index in [1.807, 2.05) is 38.1 Å². The second-order valence-electron chi connectivity index (χ2n) is 4.13. The minimum atomic E-state index is -0.533. The summed E-state index contributed by atoms with van der Waals surface area (Å²) in [5.74, 6) is 0.208. The molecule has 0 saturated heterocycles. The SMILES string of the molecule is Cc1ccc(Oc2ccc(C#N)cc2F)c(C)c1. The van der Waals surface area contributed by atoms with Crippen LogP contribution in [-0.2, 0) is 0 Å². The van der Waals surface area contributed by atoms with Crippen LogP contribution in [0.1, 0.15) is 16.7 Å². The van der Waals surface area contributed by atoms with Gasteiger partial charge in [-0.3, -0.25) is 0 Å². The van der Waals surface area contributed by atoms with Crippen LogP contribution >= 0.6 is 0 Å². The summed E-state index contributed by atoms with van der Waals surface area (Å²) in [5, 5.41) is 8.66. The maximum atomic E-state index is 13.7. The van der Waals surface area contributed by atoms with Crippen LogP contribution in [0.25, 0.3) is 0 Å². The van der Waals surface area contributed by atoms with Crippen molar-refractivity contribution < 1.29 is 9.13 Å². The third-order valence-electron chi connectivity index (χ3n) is 2.61. The van der Waals surface area contributed by atoms with Gasteiger partial charge in [0.25, 0.3) is 0 Å². The van der Waals surface area contributed by atoms with E-state index in [9.17, 15) is 4.39 Å². The van der Waals surface area contributed by atoms with Gasteiger partial charge >= 0.3 is 0 Å². The van der Waals surface area contributed by atoms with Crippen LogP contribution in [0.2, 0.25) is 0 Å². The van der Waals surface area contributed by atoms with Gasteiger partial charge < -0.3 is 4.74 Å². The van der Waals surface area contributed by atoms with Crippen LogP contribution in [0.4, 0.5) is 4.39 Å². The number of nitrogens with zero attached hydrogens (tertiary/aromatic N) is 1. The molecule has 0 amide bonds. The van der Waals surface area contributed by atoms with Crippen LogP contribution in [0, 0.1) is 31.0 Å². The fourth-order valence-electron chi connectivity index (χ4n) is 1.69. The summed E-state index contributed by atoms with van der Waals surface area (Å²) in [6.07, 6.45) is 0. The molecule has 2 nitrogen and oxygen atoms in total. The summed E-state index contributed by atoms with van der Waals surface area (Å²) >= 11 is 0. The third kappa shape index (κ3) is 2.49. The van der Waals surface area contributed by atoms with Crippen molar-refractivity contribution in [2.75, 3.05) is 0 Å². The van der Waals surface area contributed by atoms with Gasteiger partial charge in [0.1, 0.15) is 5.75 Å². The number of ether oxygens (including phenoxy) is 1. The molecule has 0 aliphatic rings. The first-order chi connectivity index (χ1) is 8.60. The average molecular weight is 241 g/mol. The monoisotopic (exact) mass is 241 g/mol. The normalized spacial score (nSPS) is 9.89. The summed E-state index contributed by atoms with van der Waals surface area (Å²) in [6, 6.07) is 11.7. The molecule has 0 unspecified atom stereocenters. The van der Waals surface area contributed by atoms with E-state index in [-0.39, 0.29) is 11.3 Å². The Kier molecular flexibility index (Phi) is 3.29. The zero-order valence-corrected chi connectivity index (χ0v) is 10.2. The van der Waals surface area contributed by atoms with Crippen molar-refractivity contribution >= 4 is 0 Å². The quantitative estimate of drug-likeness (QED) is 0.792. The number of hydrogen-bond donors (Lipinski definition) is 0. The van der Waals surface area contributed by atoms with Crippen molar-refractivity contribution in [3.05, 3.63) is 58.9 Å². The van der Waals surface area contributed by atoms with Crippen molar-refractivity contribution in [3.8, 4) is 17.6 Å². The zero-order chi connectivity index (χ0) is 13.1. The van der Waals surface area contributed by atoms with Crippen molar-refractivity contribution in [1.82, 2.24) is 0 Å². The average Bonchev–Trinajstić information content (AvgIpc) is 2.34. The van der Waals surface area contributed by atoms with Crippen molar-refractivity contribution in [1.29, 1.82) is 5.26 Å². The van der Waals surface area contributed by atoms with Crippen LogP contribution in [-0.4, -0.2) is 0 Å². The Morgan fingerprint density at radius 1 is 1.06 bits per heavy atom. The standard InChI is InChI=1S/C15H12FNO/c1-10-3-5-14(11(2)7-10)18-15-6-4-12(9-17)8-13(15)16/h3-8H,1-2H3. The Hall–Kier alpha value is -2.34. The van der Waals surface area contributed by atoms with E-state index in [0.29, 0.717) is 5.75 Å². The van der Waals surface area contributed by atoms with Crippen molar-refractivity contribution in [2.45, 2.75) is 13.8 Å². The molecule has 0 N–H and O–H groups in total. The summed E-state index contributed by atoms with van der Waals surface area (Å²) in [7, 11) is 0. The molecule has 2 aromatic carbocycles. The molecule has 0 radical (unpaired) electrons. The molecule has 0 aliphatic carbocycles. The number of benzene rings is 2. The third-order valence-corrected chi connectivity index (χ3v) is 2.61. The minimum Gasteiger partial charge on any atom is -0.454 e. The van der Waals surface area contributed by atoms with Crippen molar-refractivity contribution in [3.63, 3.8) is 0 Å². The van der Waals surface area contributed by atoms with E-state index in [2.05, 4.69) is 0 Å². The molecular formula is C15H12FNO. The summed E-state index contributed by atoms with van der Waals surface area (Å²) in [6.45, 7) is 3.89. The lowest BCUT2D eigenvalue weighted by atomic mass is 10.1. The summed E-state index contributed by atoms with van der Waals surface area (Å²) in [4.78, 5) is 0. The number of nitriles is 1. The predicted octanol–water partition coefficient (Wildman–Crippen LogP) is 4.11. The van der Waals surface area contributed by atoms with E-state index in [1.54, 1.807) is 0 Å². The summed E-state index contributed by atoms with van der Waals surface area (Å²) < 4.78 is 19.2. The molecular weight excluding hydrogens is 229 g/mol. The van der Waals surface area contributed by atoms with E-state index >= 15 is 0 Å². The molecule has 0 saturated carbocycles. The highest BCUT2D eigenvalue weighted by Crippen LogP contribution is 2.28. The van der Waals surface area contributed by atoms with E-state index in [0.717, 1.165) is 11.1 Å². The second kappa shape index (κ2) is 4.89. The van der Waals surface area contributed by atoms with Crippen LogP contribution in [0.15, 0.2) is 36.4 Å². The highest BCUT2D eigenvalue weighted by atomic mass is 19.1. The molecule has 0 fully saturated rings. The largest absolute Gasteiger partial charge is 0.454 e. The smallest absolute Gasteiger partial charge is 0.167 e. The highest BCUT2D eigenvalue weighted by Gasteiger charge is 2.07. The van der Waals surface area contributed by atoms with Gasteiger partial charge in [0.2, 0.25) is 0 Å². The second-order valence-corrected chi connectivity index (χ2v) is 4.13. The number of hydrogen-bond acceptors (Lipinski definition) is 2. The lowest BCUT2D eigenvalue weighted by molar-refractivity contribution is 0.439. The van der Waals surface area contributed by atoms with Gasteiger partial charge in [-0.05, 0) is 43.7 Å². The molecule has 3 heteroatoms. The number of halogens is 1. The number of aryl methyl sites for hydroxylation is 2. The molecule has 2 aromatic rings.